The molecule has 1 aromatic carbocycles. The second-order valence-electron chi connectivity index (χ2n) is 14.1. The summed E-state index contributed by atoms with van der Waals surface area (Å²) in [5.74, 6) is -9.42. The average Bonchev–Trinajstić information content (AvgIpc) is 3.55. The zero-order valence-electron chi connectivity index (χ0n) is 31.6. The molecule has 0 saturated carbocycles. The Morgan fingerprint density at radius 1 is 0.679 bits per heavy atom. The fourth-order valence-electron chi connectivity index (χ4n) is 6.01. The Bertz CT molecular complexity index is 1590. The zero-order chi connectivity index (χ0) is 42.1. The molecular weight excluding hydrogens is 738 g/mol. The van der Waals surface area contributed by atoms with Gasteiger partial charge in [0.05, 0.1) is 6.04 Å². The lowest BCUT2D eigenvalue weighted by Gasteiger charge is -2.28. The minimum absolute atomic E-state index is 0.0270. The maximum absolute atomic E-state index is 13.9. The molecule has 6 amide bonds. The number of carbonyl (C=O) groups is 9. The van der Waals surface area contributed by atoms with Gasteiger partial charge >= 0.3 is 17.9 Å². The van der Waals surface area contributed by atoms with Gasteiger partial charge in [0.15, 0.2) is 0 Å². The largest absolute Gasteiger partial charge is 0.508 e. The van der Waals surface area contributed by atoms with E-state index in [4.69, 9.17) is 10.8 Å². The first-order chi connectivity index (χ1) is 26.3. The van der Waals surface area contributed by atoms with Crippen molar-refractivity contribution >= 4 is 53.4 Å². The van der Waals surface area contributed by atoms with Crippen molar-refractivity contribution in [2.45, 2.75) is 114 Å². The highest BCUT2D eigenvalue weighted by atomic mass is 16.4. The number of rotatable bonds is 24. The van der Waals surface area contributed by atoms with Crippen LogP contribution in [0.5, 0.6) is 5.75 Å². The van der Waals surface area contributed by atoms with Crippen LogP contribution in [-0.4, -0.2) is 129 Å². The summed E-state index contributed by atoms with van der Waals surface area (Å²) >= 11 is 0. The molecule has 20 heteroatoms. The minimum Gasteiger partial charge on any atom is -0.508 e. The number of hydrogen-bond donors (Lipinski definition) is 10. The first-order valence-electron chi connectivity index (χ1n) is 18.2. The number of carboxylic acid groups (broad SMARTS) is 3. The molecule has 1 heterocycles. The number of nitrogens with zero attached hydrogens (tertiary/aromatic N) is 1. The number of nitrogens with one attached hydrogen (secondary N) is 5. The Balaban J connectivity index is 2.40. The molecule has 0 bridgehead atoms. The fraction of sp³-hybridized carbons (Fsp3) is 0.583. The van der Waals surface area contributed by atoms with E-state index in [-0.39, 0.29) is 37.4 Å². The van der Waals surface area contributed by atoms with Crippen LogP contribution in [0, 0.1) is 5.92 Å². The summed E-state index contributed by atoms with van der Waals surface area (Å²) in [4.78, 5) is 116. The molecule has 6 unspecified atom stereocenters. The van der Waals surface area contributed by atoms with Gasteiger partial charge in [-0.05, 0) is 75.7 Å². The Morgan fingerprint density at radius 2 is 1.11 bits per heavy atom. The number of aromatic hydroxyl groups is 1. The third-order valence-corrected chi connectivity index (χ3v) is 9.04. The van der Waals surface area contributed by atoms with Crippen molar-refractivity contribution in [1.82, 2.24) is 31.5 Å². The van der Waals surface area contributed by atoms with E-state index >= 15 is 0 Å². The van der Waals surface area contributed by atoms with Crippen molar-refractivity contribution in [3.63, 3.8) is 0 Å². The van der Waals surface area contributed by atoms with Gasteiger partial charge in [0.2, 0.25) is 35.4 Å². The van der Waals surface area contributed by atoms with E-state index in [1.54, 1.807) is 25.8 Å². The summed E-state index contributed by atoms with van der Waals surface area (Å²) in [6.07, 6.45) is -1.76. The van der Waals surface area contributed by atoms with Crippen LogP contribution >= 0.6 is 0 Å². The second-order valence-corrected chi connectivity index (χ2v) is 14.1. The minimum atomic E-state index is -1.60. The number of carbonyl (C=O) groups excluding carboxylic acids is 6. The third-order valence-electron chi connectivity index (χ3n) is 9.04. The van der Waals surface area contributed by atoms with Crippen molar-refractivity contribution in [2.75, 3.05) is 13.6 Å². The van der Waals surface area contributed by atoms with Gasteiger partial charge in [-0.3, -0.25) is 48.1 Å². The number of carboxylic acids is 3. The molecule has 1 aromatic rings. The quantitative estimate of drug-likeness (QED) is 0.0575. The number of aliphatic carboxylic acids is 3. The van der Waals surface area contributed by atoms with Gasteiger partial charge in [0.1, 0.15) is 36.0 Å². The topological polar surface area (TPSA) is 324 Å². The van der Waals surface area contributed by atoms with E-state index in [0.717, 1.165) is 6.42 Å². The van der Waals surface area contributed by atoms with E-state index in [1.807, 2.05) is 0 Å². The molecule has 56 heavy (non-hydrogen) atoms. The van der Waals surface area contributed by atoms with Crippen LogP contribution in [0.15, 0.2) is 24.3 Å². The van der Waals surface area contributed by atoms with Crippen molar-refractivity contribution in [3.05, 3.63) is 29.8 Å². The van der Waals surface area contributed by atoms with Gasteiger partial charge < -0.3 is 52.7 Å². The van der Waals surface area contributed by atoms with Crippen LogP contribution in [0.25, 0.3) is 0 Å². The number of nitrogens with two attached hydrogens (primary N) is 1. The monoisotopic (exact) mass is 791 g/mol. The first kappa shape index (κ1) is 46.4. The molecule has 1 fully saturated rings. The molecule has 1 aliphatic rings. The van der Waals surface area contributed by atoms with E-state index in [2.05, 4.69) is 26.6 Å². The summed E-state index contributed by atoms with van der Waals surface area (Å²) in [7, 11) is 1.72. The normalized spacial score (nSPS) is 16.7. The molecule has 310 valence electrons. The van der Waals surface area contributed by atoms with Crippen molar-refractivity contribution in [2.24, 2.45) is 11.7 Å². The predicted octanol–water partition coefficient (Wildman–Crippen LogP) is -1.42. The standard InChI is InChI=1S/C36H53N7O13/c1-19(2)17-25(34(54)38-22(31(37)51)10-13-28(45)46)41-35(55)26(18-20-6-8-21(44)9-7-20)42-33(53)23(11-14-29(47)48)39-32(52)24(12-15-30(49)50)40-36(56)27-5-4-16-43(27)3/h6-9,19,22-27,44H,4-5,10-18H2,1-3H3,(H2,37,51)(H,38,54)(H,39,52)(H,40,56)(H,41,55)(H,42,53)(H,45,46)(H,47,48)(H,49,50). The lowest BCUT2D eigenvalue weighted by atomic mass is 10.00. The van der Waals surface area contributed by atoms with E-state index in [9.17, 15) is 58.5 Å². The Kier molecular flexibility index (Phi) is 18.7. The van der Waals surface area contributed by atoms with Gasteiger partial charge in [-0.1, -0.05) is 26.0 Å². The smallest absolute Gasteiger partial charge is 0.303 e. The van der Waals surface area contributed by atoms with E-state index < -0.39 is 115 Å². The highest BCUT2D eigenvalue weighted by molar-refractivity contribution is 5.97. The lowest BCUT2D eigenvalue weighted by Crippen LogP contribution is -2.60. The van der Waals surface area contributed by atoms with Crippen molar-refractivity contribution < 1.29 is 63.6 Å². The molecule has 2 rings (SSSR count). The predicted molar refractivity (Wildman–Crippen MR) is 196 cm³/mol. The zero-order valence-corrected chi connectivity index (χ0v) is 31.6. The summed E-state index contributed by atoms with van der Waals surface area (Å²) in [5.41, 5.74) is 5.80. The summed E-state index contributed by atoms with van der Waals surface area (Å²) in [6, 6.07) is -2.20. The van der Waals surface area contributed by atoms with Gasteiger partial charge in [0, 0.05) is 25.7 Å². The summed E-state index contributed by atoms with van der Waals surface area (Å²) < 4.78 is 0. The lowest BCUT2D eigenvalue weighted by molar-refractivity contribution is -0.140. The van der Waals surface area contributed by atoms with Crippen LogP contribution in [-0.2, 0) is 49.6 Å². The number of phenolic OH excluding ortho intramolecular Hbond substituents is 1. The number of amides is 6. The highest BCUT2D eigenvalue weighted by Crippen LogP contribution is 2.16. The maximum Gasteiger partial charge on any atom is 0.303 e. The van der Waals surface area contributed by atoms with E-state index in [1.165, 1.54) is 24.3 Å². The van der Waals surface area contributed by atoms with Gasteiger partial charge in [0.25, 0.3) is 0 Å². The van der Waals surface area contributed by atoms with Crippen LogP contribution < -0.4 is 32.3 Å². The molecule has 6 atom stereocenters. The second kappa shape index (κ2) is 22.6. The Labute approximate surface area is 323 Å². The fourth-order valence-corrected chi connectivity index (χ4v) is 6.01. The number of benzene rings is 1. The Hall–Kier alpha value is -5.79. The van der Waals surface area contributed by atoms with Crippen LogP contribution in [0.2, 0.25) is 0 Å². The van der Waals surface area contributed by atoms with Crippen LogP contribution in [0.1, 0.15) is 77.2 Å². The van der Waals surface area contributed by atoms with Gasteiger partial charge in [-0.25, -0.2) is 0 Å². The summed E-state index contributed by atoms with van der Waals surface area (Å²) in [5, 5.41) is 49.9. The Morgan fingerprint density at radius 3 is 1.57 bits per heavy atom. The van der Waals surface area contributed by atoms with Gasteiger partial charge in [-0.15, -0.1) is 0 Å². The number of likely N-dealkylation sites (N-methyl/N-ethyl adjacent to an activating group) is 1. The number of likely N-dealkylation sites (tertiary alicyclic amines) is 1. The average molecular weight is 792 g/mol. The van der Waals surface area contributed by atoms with Crippen molar-refractivity contribution in [3.8, 4) is 5.75 Å². The van der Waals surface area contributed by atoms with Crippen LogP contribution in [0.4, 0.5) is 0 Å². The number of hydrogen-bond acceptors (Lipinski definition) is 11. The third kappa shape index (κ3) is 16.3. The molecule has 0 spiro atoms. The highest BCUT2D eigenvalue weighted by Gasteiger charge is 2.35. The molecule has 0 aromatic heterocycles. The number of primary amides is 1. The SMILES string of the molecule is CC(C)CC(NC(=O)C(Cc1ccc(O)cc1)NC(=O)C(CCC(=O)O)NC(=O)C(CCC(=O)O)NC(=O)C1CCCN1C)C(=O)NC(CCC(=O)O)C(N)=O. The molecular formula is C36H53N7O13. The molecule has 11 N–H and O–H groups in total. The van der Waals surface area contributed by atoms with Crippen molar-refractivity contribution in [1.29, 1.82) is 0 Å². The van der Waals surface area contributed by atoms with E-state index in [0.29, 0.717) is 18.5 Å². The molecule has 1 saturated heterocycles. The molecule has 1 aliphatic heterocycles. The maximum atomic E-state index is 13.9. The molecule has 0 aliphatic carbocycles. The molecule has 20 nitrogen and oxygen atoms in total. The van der Waals surface area contributed by atoms with Crippen LogP contribution in [0.3, 0.4) is 0 Å². The molecule has 0 radical (unpaired) electrons. The number of phenols is 1. The van der Waals surface area contributed by atoms with Gasteiger partial charge in [-0.2, -0.15) is 0 Å². The summed E-state index contributed by atoms with van der Waals surface area (Å²) in [6.45, 7) is 4.11. The first-order valence-corrected chi connectivity index (χ1v) is 18.2.